The van der Waals surface area contributed by atoms with Crippen molar-refractivity contribution in [2.75, 3.05) is 0 Å². The van der Waals surface area contributed by atoms with E-state index in [1.54, 1.807) is 15.7 Å². The maximum absolute atomic E-state index is 10.6. The van der Waals surface area contributed by atoms with E-state index < -0.39 is 0 Å². The lowest BCUT2D eigenvalue weighted by Gasteiger charge is -1.92. The molecule has 6 heteroatoms. The summed E-state index contributed by atoms with van der Waals surface area (Å²) in [5.74, 6) is 0.255. The van der Waals surface area contributed by atoms with Crippen molar-refractivity contribution in [1.82, 2.24) is 4.98 Å². The number of nitrogens with zero attached hydrogens (tertiary/aromatic N) is 3. The van der Waals surface area contributed by atoms with E-state index in [0.29, 0.717) is 0 Å². The molecule has 0 atom stereocenters. The Morgan fingerprint density at radius 1 is 1.16 bits per heavy atom. The van der Waals surface area contributed by atoms with Crippen LogP contribution < -0.4 is 8.97 Å². The molecule has 0 radical (unpaired) electrons. The van der Waals surface area contributed by atoms with Crippen LogP contribution in [0.3, 0.4) is 0 Å². The number of thiazole rings is 2. The lowest BCUT2D eigenvalue weighted by Crippen LogP contribution is -2.33. The number of fused-ring (bicyclic) bond motifs is 2. The van der Waals surface area contributed by atoms with Gasteiger partial charge in [0.1, 0.15) is 21.8 Å². The van der Waals surface area contributed by atoms with Gasteiger partial charge in [-0.15, -0.1) is 0 Å². The first-order valence-electron chi connectivity index (χ1n) is 8.19. The Bertz CT molecular complexity index is 1120. The minimum absolute atomic E-state index is 0.255. The van der Waals surface area contributed by atoms with Crippen LogP contribution in [0.2, 0.25) is 0 Å². The van der Waals surface area contributed by atoms with Gasteiger partial charge in [0.05, 0.1) is 0 Å². The molecular formula is C19H19N3OS2+2. The summed E-state index contributed by atoms with van der Waals surface area (Å²) in [6, 6.07) is 10.4. The van der Waals surface area contributed by atoms with Crippen LogP contribution in [-0.2, 0) is 6.54 Å². The fraction of sp³-hybridized carbons (Fsp3) is 0.211. The van der Waals surface area contributed by atoms with E-state index in [-0.39, 0.29) is 5.88 Å². The molecule has 0 aliphatic carbocycles. The van der Waals surface area contributed by atoms with E-state index in [2.05, 4.69) is 46.8 Å². The highest BCUT2D eigenvalue weighted by molar-refractivity contribution is 7.19. The van der Waals surface area contributed by atoms with Crippen LogP contribution in [0.25, 0.3) is 27.3 Å². The minimum atomic E-state index is 0.255. The predicted octanol–water partition coefficient (Wildman–Crippen LogP) is 3.90. The van der Waals surface area contributed by atoms with Gasteiger partial charge in [-0.25, -0.2) is 0 Å². The average Bonchev–Trinajstić information content (AvgIpc) is 3.10. The molecule has 3 heterocycles. The molecule has 126 valence electrons. The number of hydrogen-bond acceptors (Lipinski definition) is 4. The molecule has 0 aliphatic heterocycles. The van der Waals surface area contributed by atoms with E-state index in [1.807, 2.05) is 26.0 Å². The summed E-state index contributed by atoms with van der Waals surface area (Å²) in [5, 5.41) is 11.8. The van der Waals surface area contributed by atoms with Gasteiger partial charge < -0.3 is 5.11 Å². The zero-order valence-corrected chi connectivity index (χ0v) is 16.0. The van der Waals surface area contributed by atoms with Crippen molar-refractivity contribution in [3.8, 4) is 5.88 Å². The Morgan fingerprint density at radius 3 is 2.76 bits per heavy atom. The predicted molar refractivity (Wildman–Crippen MR) is 103 cm³/mol. The van der Waals surface area contributed by atoms with Crippen LogP contribution in [0.5, 0.6) is 5.88 Å². The lowest BCUT2D eigenvalue weighted by molar-refractivity contribution is -0.665. The van der Waals surface area contributed by atoms with Gasteiger partial charge in [-0.3, -0.25) is 0 Å². The first-order chi connectivity index (χ1) is 12.1. The minimum Gasteiger partial charge on any atom is -0.476 e. The molecule has 3 aromatic heterocycles. The van der Waals surface area contributed by atoms with E-state index in [1.165, 1.54) is 26.6 Å². The summed E-state index contributed by atoms with van der Waals surface area (Å²) in [5.41, 5.74) is 3.20. The topological polar surface area (TPSA) is 41.1 Å². The van der Waals surface area contributed by atoms with Crippen LogP contribution in [0, 0.1) is 13.8 Å². The monoisotopic (exact) mass is 369 g/mol. The summed E-state index contributed by atoms with van der Waals surface area (Å²) in [6.07, 6.45) is 4.07. The number of aryl methyl sites for hydroxylation is 3. The van der Waals surface area contributed by atoms with Gasteiger partial charge in [-0.2, -0.15) is 8.97 Å². The summed E-state index contributed by atoms with van der Waals surface area (Å²) in [4.78, 5) is 6.16. The van der Waals surface area contributed by atoms with E-state index >= 15 is 0 Å². The highest BCUT2D eigenvalue weighted by atomic mass is 32.1. The van der Waals surface area contributed by atoms with E-state index in [4.69, 9.17) is 0 Å². The van der Waals surface area contributed by atoms with Crippen molar-refractivity contribution in [3.63, 3.8) is 0 Å². The molecule has 1 N–H and O–H groups in total. The largest absolute Gasteiger partial charge is 0.476 e. The van der Waals surface area contributed by atoms with Gasteiger partial charge >= 0.3 is 10.8 Å². The van der Waals surface area contributed by atoms with Crippen molar-refractivity contribution in [3.05, 3.63) is 51.6 Å². The zero-order valence-electron chi connectivity index (χ0n) is 14.4. The Kier molecular flexibility index (Phi) is 4.01. The van der Waals surface area contributed by atoms with Crippen LogP contribution in [0.15, 0.2) is 30.3 Å². The Morgan fingerprint density at radius 2 is 1.96 bits per heavy atom. The van der Waals surface area contributed by atoms with Crippen molar-refractivity contribution >= 4 is 50.0 Å². The maximum Gasteiger partial charge on any atom is 0.391 e. The summed E-state index contributed by atoms with van der Waals surface area (Å²) in [6.45, 7) is 7.02. The third kappa shape index (κ3) is 2.71. The first-order valence-corrected chi connectivity index (χ1v) is 9.83. The molecule has 1 aromatic carbocycles. The molecule has 25 heavy (non-hydrogen) atoms. The van der Waals surface area contributed by atoms with Gasteiger partial charge in [-0.1, -0.05) is 23.5 Å². The quantitative estimate of drug-likeness (QED) is 0.557. The molecular weight excluding hydrogens is 350 g/mol. The molecule has 0 unspecified atom stereocenters. The summed E-state index contributed by atoms with van der Waals surface area (Å²) in [7, 11) is 0. The second-order valence-electron chi connectivity index (χ2n) is 5.93. The normalized spacial score (nSPS) is 12.0. The molecule has 0 aliphatic rings. The first kappa shape index (κ1) is 16.2. The molecule has 0 amide bonds. The van der Waals surface area contributed by atoms with E-state index in [0.717, 1.165) is 27.8 Å². The van der Waals surface area contributed by atoms with Gasteiger partial charge in [0.2, 0.25) is 5.52 Å². The number of rotatable bonds is 3. The molecule has 0 spiro atoms. The molecule has 0 bridgehead atoms. The van der Waals surface area contributed by atoms with Gasteiger partial charge in [0.15, 0.2) is 5.69 Å². The molecule has 0 saturated carbocycles. The smallest absolute Gasteiger partial charge is 0.391 e. The number of para-hydroxylation sites is 1. The zero-order chi connectivity index (χ0) is 17.6. The van der Waals surface area contributed by atoms with Crippen molar-refractivity contribution in [2.45, 2.75) is 27.3 Å². The fourth-order valence-electron chi connectivity index (χ4n) is 3.09. The number of hydrogen-bond donors (Lipinski definition) is 1. The highest BCUT2D eigenvalue weighted by Gasteiger charge is 2.22. The lowest BCUT2D eigenvalue weighted by atomic mass is 10.3. The molecule has 0 fully saturated rings. The third-order valence-corrected chi connectivity index (χ3v) is 6.32. The standard InChI is InChI=1S/C19H18N3OS2/c1-4-21-14-7-5-6-8-15(14)24-17(21)10-9-16-18(23)22-13(3)11-12(2)20-19(22)25-16/h5-11H,4H2,1-3H3/q+1/p+1. The Hall–Kier alpha value is -2.31. The molecule has 4 nitrogen and oxygen atoms in total. The van der Waals surface area contributed by atoms with Crippen molar-refractivity contribution in [2.24, 2.45) is 0 Å². The molecule has 0 saturated heterocycles. The molecule has 4 aromatic rings. The van der Waals surface area contributed by atoms with Gasteiger partial charge in [-0.05, 0) is 42.3 Å². The summed E-state index contributed by atoms with van der Waals surface area (Å²) < 4.78 is 5.37. The van der Waals surface area contributed by atoms with Gasteiger partial charge in [0, 0.05) is 25.1 Å². The second-order valence-corrected chi connectivity index (χ2v) is 8.00. The van der Waals surface area contributed by atoms with Crippen LogP contribution in [0.4, 0.5) is 0 Å². The second kappa shape index (κ2) is 6.20. The van der Waals surface area contributed by atoms with Crippen molar-refractivity contribution in [1.29, 1.82) is 0 Å². The third-order valence-electron chi connectivity index (χ3n) is 4.20. The highest BCUT2D eigenvalue weighted by Crippen LogP contribution is 2.27. The Labute approximate surface area is 154 Å². The van der Waals surface area contributed by atoms with Crippen LogP contribution in [0.1, 0.15) is 28.2 Å². The SMILES string of the molecule is CC[n+]1c(/C=C\c2sc3nc(C)cc(C)[n+]3c2O)sc2ccccc21. The number of aromatic nitrogens is 3. The summed E-state index contributed by atoms with van der Waals surface area (Å²) >= 11 is 3.27. The van der Waals surface area contributed by atoms with Gasteiger partial charge in [0.25, 0.3) is 5.01 Å². The molecule has 4 rings (SSSR count). The Balaban J connectivity index is 1.81. The fourth-order valence-corrected chi connectivity index (χ4v) is 5.24. The number of aromatic hydroxyl groups is 1. The average molecular weight is 370 g/mol. The maximum atomic E-state index is 10.6. The van der Waals surface area contributed by atoms with Crippen LogP contribution in [-0.4, -0.2) is 10.1 Å². The van der Waals surface area contributed by atoms with Crippen LogP contribution >= 0.6 is 22.7 Å². The van der Waals surface area contributed by atoms with E-state index in [9.17, 15) is 5.11 Å². The number of benzene rings is 1. The van der Waals surface area contributed by atoms with Crippen molar-refractivity contribution < 1.29 is 14.1 Å².